The molecule has 1 atom stereocenters. The van der Waals surface area contributed by atoms with E-state index in [2.05, 4.69) is 58.9 Å². The van der Waals surface area contributed by atoms with E-state index < -0.39 is 0 Å². The Morgan fingerprint density at radius 2 is 1.95 bits per heavy atom. The van der Waals surface area contributed by atoms with Crippen LogP contribution in [-0.2, 0) is 11.2 Å². The number of hydrogen-bond acceptors (Lipinski definition) is 4. The summed E-state index contributed by atoms with van der Waals surface area (Å²) in [6, 6.07) is 0. The van der Waals surface area contributed by atoms with Gasteiger partial charge in [-0.25, -0.2) is 9.97 Å². The minimum Gasteiger partial charge on any atom is -0.373 e. The molecule has 0 aliphatic heterocycles. The molecule has 108 valence electrons. The second-order valence-corrected chi connectivity index (χ2v) is 5.66. The van der Waals surface area contributed by atoms with E-state index in [1.807, 2.05) is 0 Å². The zero-order chi connectivity index (χ0) is 14.4. The Kier molecular flexibility index (Phi) is 6.72. The molecule has 4 nitrogen and oxygen atoms in total. The molecule has 0 amide bonds. The van der Waals surface area contributed by atoms with Crippen LogP contribution in [0.3, 0.4) is 0 Å². The van der Waals surface area contributed by atoms with Gasteiger partial charge in [-0.2, -0.15) is 0 Å². The van der Waals surface area contributed by atoms with E-state index in [1.165, 1.54) is 0 Å². The fraction of sp³-hybridized carbons (Fsp3) is 0.714. The van der Waals surface area contributed by atoms with E-state index in [-0.39, 0.29) is 6.10 Å². The zero-order valence-electron chi connectivity index (χ0n) is 12.5. The van der Waals surface area contributed by atoms with Gasteiger partial charge >= 0.3 is 0 Å². The third-order valence-corrected chi connectivity index (χ3v) is 3.76. The van der Waals surface area contributed by atoms with Crippen molar-refractivity contribution in [2.45, 2.75) is 46.6 Å². The molecule has 0 fully saturated rings. The number of anilines is 1. The van der Waals surface area contributed by atoms with Gasteiger partial charge in [-0.05, 0) is 34.7 Å². The molecule has 0 bridgehead atoms. The number of halogens is 1. The molecule has 0 aromatic carbocycles. The highest BCUT2D eigenvalue weighted by atomic mass is 79.9. The van der Waals surface area contributed by atoms with Crippen LogP contribution in [0.15, 0.2) is 4.47 Å². The quantitative estimate of drug-likeness (QED) is 0.822. The predicted molar refractivity (Wildman–Crippen MR) is 82.5 cm³/mol. The Hall–Kier alpha value is -0.680. The van der Waals surface area contributed by atoms with Gasteiger partial charge in [0.15, 0.2) is 5.82 Å². The SMILES string of the molecule is CCCNc1nc(C(OC)C(C)C)nc(CC)c1Br. The van der Waals surface area contributed by atoms with Crippen molar-refractivity contribution in [1.82, 2.24) is 9.97 Å². The van der Waals surface area contributed by atoms with Gasteiger partial charge in [-0.1, -0.05) is 27.7 Å². The highest BCUT2D eigenvalue weighted by Crippen LogP contribution is 2.29. The van der Waals surface area contributed by atoms with Crippen molar-refractivity contribution in [3.63, 3.8) is 0 Å². The van der Waals surface area contributed by atoms with Gasteiger partial charge < -0.3 is 10.1 Å². The summed E-state index contributed by atoms with van der Waals surface area (Å²) in [5.41, 5.74) is 1.02. The molecule has 1 aromatic rings. The lowest BCUT2D eigenvalue weighted by Gasteiger charge is -2.20. The van der Waals surface area contributed by atoms with Crippen molar-refractivity contribution in [3.05, 3.63) is 16.0 Å². The molecular weight excluding hydrogens is 306 g/mol. The molecule has 5 heteroatoms. The predicted octanol–water partition coefficient (Wildman–Crippen LogP) is 3.97. The number of ether oxygens (including phenoxy) is 1. The first-order chi connectivity index (χ1) is 9.04. The van der Waals surface area contributed by atoms with Crippen molar-refractivity contribution >= 4 is 21.7 Å². The second kappa shape index (κ2) is 7.80. The fourth-order valence-corrected chi connectivity index (χ4v) is 2.51. The Morgan fingerprint density at radius 3 is 2.42 bits per heavy atom. The van der Waals surface area contributed by atoms with Gasteiger partial charge in [0.1, 0.15) is 11.9 Å². The Balaban J connectivity index is 3.18. The van der Waals surface area contributed by atoms with Crippen LogP contribution >= 0.6 is 15.9 Å². The average Bonchev–Trinajstić information content (AvgIpc) is 2.39. The molecule has 1 unspecified atom stereocenters. The minimum atomic E-state index is -0.0689. The van der Waals surface area contributed by atoms with Crippen molar-refractivity contribution in [2.75, 3.05) is 19.0 Å². The molecule has 1 N–H and O–H groups in total. The Bertz CT molecular complexity index is 410. The van der Waals surface area contributed by atoms with Gasteiger partial charge in [0.2, 0.25) is 0 Å². The molecule has 0 spiro atoms. The van der Waals surface area contributed by atoms with Crippen molar-refractivity contribution in [2.24, 2.45) is 5.92 Å². The van der Waals surface area contributed by atoms with E-state index in [4.69, 9.17) is 4.74 Å². The first-order valence-electron chi connectivity index (χ1n) is 6.88. The number of methoxy groups -OCH3 is 1. The summed E-state index contributed by atoms with van der Waals surface area (Å²) in [5, 5.41) is 3.34. The highest BCUT2D eigenvalue weighted by Gasteiger charge is 2.21. The third-order valence-electron chi connectivity index (χ3n) is 2.93. The summed E-state index contributed by atoms with van der Waals surface area (Å²) in [6.45, 7) is 9.36. The summed E-state index contributed by atoms with van der Waals surface area (Å²) < 4.78 is 6.49. The Morgan fingerprint density at radius 1 is 1.26 bits per heavy atom. The standard InChI is InChI=1S/C14H24BrN3O/c1-6-8-16-13-11(15)10(7-2)17-14(18-13)12(19-5)9(3)4/h9,12H,6-8H2,1-5H3,(H,16,17,18). The van der Waals surface area contributed by atoms with Crippen LogP contribution in [0, 0.1) is 5.92 Å². The molecular formula is C14H24BrN3O. The van der Waals surface area contributed by atoms with E-state index in [1.54, 1.807) is 7.11 Å². The van der Waals surface area contributed by atoms with E-state index >= 15 is 0 Å². The maximum Gasteiger partial charge on any atom is 0.160 e. The number of hydrogen-bond donors (Lipinski definition) is 1. The average molecular weight is 330 g/mol. The fourth-order valence-electron chi connectivity index (χ4n) is 1.91. The lowest BCUT2D eigenvalue weighted by atomic mass is 10.1. The molecule has 19 heavy (non-hydrogen) atoms. The largest absolute Gasteiger partial charge is 0.373 e. The molecule has 0 aliphatic carbocycles. The summed E-state index contributed by atoms with van der Waals surface area (Å²) in [5.74, 6) is 1.97. The second-order valence-electron chi connectivity index (χ2n) is 4.87. The van der Waals surface area contributed by atoms with E-state index in [0.29, 0.717) is 5.92 Å². The third kappa shape index (κ3) is 4.14. The summed E-state index contributed by atoms with van der Waals surface area (Å²) in [7, 11) is 1.71. The smallest absolute Gasteiger partial charge is 0.160 e. The summed E-state index contributed by atoms with van der Waals surface area (Å²) in [4.78, 5) is 9.25. The van der Waals surface area contributed by atoms with Crippen molar-refractivity contribution < 1.29 is 4.74 Å². The van der Waals surface area contributed by atoms with Gasteiger partial charge in [-0.15, -0.1) is 0 Å². The minimum absolute atomic E-state index is 0.0689. The first kappa shape index (κ1) is 16.4. The normalized spacial score (nSPS) is 12.8. The van der Waals surface area contributed by atoms with Crippen molar-refractivity contribution in [3.8, 4) is 0 Å². The molecule has 0 radical (unpaired) electrons. The topological polar surface area (TPSA) is 47.0 Å². The molecule has 0 saturated heterocycles. The highest BCUT2D eigenvalue weighted by molar-refractivity contribution is 9.10. The van der Waals surface area contributed by atoms with Crippen LogP contribution in [0.1, 0.15) is 51.7 Å². The number of aromatic nitrogens is 2. The summed E-state index contributed by atoms with van der Waals surface area (Å²) in [6.07, 6.45) is 1.86. The van der Waals surface area contributed by atoms with Crippen LogP contribution in [0.2, 0.25) is 0 Å². The van der Waals surface area contributed by atoms with Crippen LogP contribution in [-0.4, -0.2) is 23.6 Å². The van der Waals surface area contributed by atoms with Gasteiger partial charge in [-0.3, -0.25) is 0 Å². The van der Waals surface area contributed by atoms with Crippen LogP contribution in [0.5, 0.6) is 0 Å². The molecule has 1 aromatic heterocycles. The number of nitrogens with one attached hydrogen (secondary N) is 1. The maximum absolute atomic E-state index is 5.53. The van der Waals surface area contributed by atoms with Gasteiger partial charge in [0.05, 0.1) is 10.2 Å². The molecule has 1 heterocycles. The summed E-state index contributed by atoms with van der Waals surface area (Å²) >= 11 is 3.59. The number of aryl methyl sites for hydroxylation is 1. The van der Waals surface area contributed by atoms with Crippen molar-refractivity contribution in [1.29, 1.82) is 0 Å². The monoisotopic (exact) mass is 329 g/mol. The first-order valence-corrected chi connectivity index (χ1v) is 7.67. The number of nitrogens with zero attached hydrogens (tertiary/aromatic N) is 2. The van der Waals surface area contributed by atoms with Crippen LogP contribution in [0.25, 0.3) is 0 Å². The zero-order valence-corrected chi connectivity index (χ0v) is 14.0. The van der Waals surface area contributed by atoms with E-state index in [9.17, 15) is 0 Å². The molecule has 0 saturated carbocycles. The van der Waals surface area contributed by atoms with E-state index in [0.717, 1.165) is 41.2 Å². The van der Waals surface area contributed by atoms with Crippen LogP contribution < -0.4 is 5.32 Å². The van der Waals surface area contributed by atoms with Gasteiger partial charge in [0.25, 0.3) is 0 Å². The van der Waals surface area contributed by atoms with Gasteiger partial charge in [0, 0.05) is 13.7 Å². The molecule has 1 rings (SSSR count). The van der Waals surface area contributed by atoms with Crippen LogP contribution in [0.4, 0.5) is 5.82 Å². The lowest BCUT2D eigenvalue weighted by molar-refractivity contribution is 0.0573. The molecule has 0 aliphatic rings. The number of rotatable bonds is 7. The maximum atomic E-state index is 5.53. The lowest BCUT2D eigenvalue weighted by Crippen LogP contribution is -2.16. The Labute approximate surface area is 124 Å².